The fourth-order valence-electron chi connectivity index (χ4n) is 1.80. The third kappa shape index (κ3) is 2.73. The van der Waals surface area contributed by atoms with Gasteiger partial charge in [-0.2, -0.15) is 0 Å². The Bertz CT molecular complexity index is 394. The zero-order chi connectivity index (χ0) is 10.8. The summed E-state index contributed by atoms with van der Waals surface area (Å²) in [6, 6.07) is 6.04. The van der Waals surface area contributed by atoms with E-state index in [2.05, 4.69) is 21.2 Å². The molecule has 0 bridgehead atoms. The van der Waals surface area contributed by atoms with Crippen LogP contribution in [0.25, 0.3) is 0 Å². The van der Waals surface area contributed by atoms with Gasteiger partial charge in [0.25, 0.3) is 0 Å². The zero-order valence-corrected chi connectivity index (χ0v) is 10.4. The van der Waals surface area contributed by atoms with E-state index in [1.54, 1.807) is 0 Å². The number of rotatable bonds is 2. The molecule has 1 aromatic rings. The summed E-state index contributed by atoms with van der Waals surface area (Å²) in [5.41, 5.74) is 1.08. The predicted molar refractivity (Wildman–Crippen MR) is 64.0 cm³/mol. The number of halogens is 2. The Hall–Kier alpha value is -0.540. The summed E-state index contributed by atoms with van der Waals surface area (Å²) in [4.78, 5) is 11.0. The number of carbonyl (C=O) groups excluding carboxylic acids is 1. The van der Waals surface area contributed by atoms with Crippen LogP contribution in [-0.2, 0) is 11.2 Å². The molecule has 2 nitrogen and oxygen atoms in total. The number of hydrogen-bond acceptors (Lipinski definition) is 1. The normalized spacial score (nSPS) is 20.4. The molecular weight excluding hydrogens is 277 g/mol. The van der Waals surface area contributed by atoms with E-state index in [1.807, 2.05) is 18.2 Å². The molecule has 1 aliphatic rings. The monoisotopic (exact) mass is 287 g/mol. The van der Waals surface area contributed by atoms with E-state index in [9.17, 15) is 4.79 Å². The van der Waals surface area contributed by atoms with Gasteiger partial charge in [0, 0.05) is 22.0 Å². The fourth-order valence-corrected chi connectivity index (χ4v) is 2.40. The molecule has 1 aromatic carbocycles. The van der Waals surface area contributed by atoms with Gasteiger partial charge in [0.1, 0.15) is 0 Å². The molecule has 0 saturated carbocycles. The summed E-state index contributed by atoms with van der Waals surface area (Å²) in [6.45, 7) is 0. The Morgan fingerprint density at radius 3 is 3.00 bits per heavy atom. The molecular formula is C11H11BrClNO. The van der Waals surface area contributed by atoms with Crippen LogP contribution in [0.3, 0.4) is 0 Å². The molecule has 4 heteroatoms. The molecule has 15 heavy (non-hydrogen) atoms. The first-order valence-electron chi connectivity index (χ1n) is 4.88. The van der Waals surface area contributed by atoms with Crippen molar-refractivity contribution in [3.63, 3.8) is 0 Å². The molecule has 1 aliphatic heterocycles. The Morgan fingerprint density at radius 2 is 2.33 bits per heavy atom. The van der Waals surface area contributed by atoms with Crippen molar-refractivity contribution in [2.24, 2.45) is 0 Å². The lowest BCUT2D eigenvalue weighted by atomic mass is 10.0. The number of benzene rings is 1. The van der Waals surface area contributed by atoms with Crippen molar-refractivity contribution < 1.29 is 4.79 Å². The maximum Gasteiger partial charge on any atom is 0.220 e. The minimum absolute atomic E-state index is 0.145. The van der Waals surface area contributed by atoms with Gasteiger partial charge in [-0.1, -0.05) is 27.5 Å². The van der Waals surface area contributed by atoms with Crippen LogP contribution in [0.4, 0.5) is 0 Å². The highest BCUT2D eigenvalue weighted by Gasteiger charge is 2.21. The molecule has 1 N–H and O–H groups in total. The van der Waals surface area contributed by atoms with Gasteiger partial charge in [-0.3, -0.25) is 4.79 Å². The Labute approximate surface area is 102 Å². The van der Waals surface area contributed by atoms with Gasteiger partial charge in [-0.25, -0.2) is 0 Å². The number of hydrogen-bond donors (Lipinski definition) is 1. The molecule has 0 aromatic heterocycles. The summed E-state index contributed by atoms with van der Waals surface area (Å²) in [5.74, 6) is 0.145. The predicted octanol–water partition coefficient (Wildman–Crippen LogP) is 2.92. The van der Waals surface area contributed by atoms with Gasteiger partial charge < -0.3 is 5.32 Å². The van der Waals surface area contributed by atoms with E-state index < -0.39 is 0 Å². The average molecular weight is 289 g/mol. The van der Waals surface area contributed by atoms with Crippen molar-refractivity contribution in [2.45, 2.75) is 25.3 Å². The molecule has 1 heterocycles. The lowest BCUT2D eigenvalue weighted by Gasteiger charge is -2.11. The van der Waals surface area contributed by atoms with E-state index in [0.717, 1.165) is 27.9 Å². The molecule has 80 valence electrons. The van der Waals surface area contributed by atoms with Crippen LogP contribution in [0, 0.1) is 0 Å². The van der Waals surface area contributed by atoms with Crippen molar-refractivity contribution in [3.05, 3.63) is 33.3 Å². The van der Waals surface area contributed by atoms with Gasteiger partial charge >= 0.3 is 0 Å². The number of nitrogens with one attached hydrogen (secondary N) is 1. The van der Waals surface area contributed by atoms with Crippen molar-refractivity contribution in [1.29, 1.82) is 0 Å². The average Bonchev–Trinajstić information content (AvgIpc) is 2.58. The lowest BCUT2D eigenvalue weighted by molar-refractivity contribution is -0.119. The minimum atomic E-state index is 0.145. The fraction of sp³-hybridized carbons (Fsp3) is 0.364. The third-order valence-corrected chi connectivity index (χ3v) is 3.42. The molecule has 0 radical (unpaired) electrons. The molecule has 1 atom stereocenters. The summed E-state index contributed by atoms with van der Waals surface area (Å²) >= 11 is 9.49. The van der Waals surface area contributed by atoms with Crippen LogP contribution in [-0.4, -0.2) is 11.9 Å². The standard InChI is InChI=1S/C11H11BrClNO/c12-8-1-3-10(13)7(5-8)6-9-2-4-11(15)14-9/h1,3,5,9H,2,4,6H2,(H,14,15). The molecule has 1 unspecified atom stereocenters. The molecule has 2 rings (SSSR count). The first kappa shape index (κ1) is 11.0. The van der Waals surface area contributed by atoms with E-state index in [1.165, 1.54) is 0 Å². The van der Waals surface area contributed by atoms with Gasteiger partial charge in [0.2, 0.25) is 5.91 Å². The molecule has 0 spiro atoms. The maximum absolute atomic E-state index is 11.0. The summed E-state index contributed by atoms with van der Waals surface area (Å²) in [7, 11) is 0. The van der Waals surface area contributed by atoms with Crippen LogP contribution in [0.2, 0.25) is 5.02 Å². The topological polar surface area (TPSA) is 29.1 Å². The van der Waals surface area contributed by atoms with Crippen molar-refractivity contribution >= 4 is 33.4 Å². The van der Waals surface area contributed by atoms with E-state index in [4.69, 9.17) is 11.6 Å². The second-order valence-electron chi connectivity index (χ2n) is 3.74. The highest BCUT2D eigenvalue weighted by Crippen LogP contribution is 2.24. The number of amides is 1. The van der Waals surface area contributed by atoms with E-state index in [-0.39, 0.29) is 11.9 Å². The van der Waals surface area contributed by atoms with Crippen LogP contribution < -0.4 is 5.32 Å². The van der Waals surface area contributed by atoms with E-state index in [0.29, 0.717) is 6.42 Å². The molecule has 1 fully saturated rings. The van der Waals surface area contributed by atoms with Crippen LogP contribution in [0.15, 0.2) is 22.7 Å². The summed E-state index contributed by atoms with van der Waals surface area (Å²) < 4.78 is 1.02. The second kappa shape index (κ2) is 4.54. The largest absolute Gasteiger partial charge is 0.353 e. The highest BCUT2D eigenvalue weighted by atomic mass is 79.9. The van der Waals surface area contributed by atoms with Crippen molar-refractivity contribution in [2.75, 3.05) is 0 Å². The minimum Gasteiger partial charge on any atom is -0.353 e. The second-order valence-corrected chi connectivity index (χ2v) is 5.07. The molecule has 1 saturated heterocycles. The number of carbonyl (C=O) groups is 1. The molecule has 0 aliphatic carbocycles. The SMILES string of the molecule is O=C1CCC(Cc2cc(Br)ccc2Cl)N1. The van der Waals surface area contributed by atoms with Crippen LogP contribution >= 0.6 is 27.5 Å². The third-order valence-electron chi connectivity index (χ3n) is 2.56. The first-order chi connectivity index (χ1) is 7.15. The Balaban J connectivity index is 2.10. The van der Waals surface area contributed by atoms with Crippen LogP contribution in [0.1, 0.15) is 18.4 Å². The Morgan fingerprint density at radius 1 is 1.53 bits per heavy atom. The lowest BCUT2D eigenvalue weighted by Crippen LogP contribution is -2.27. The highest BCUT2D eigenvalue weighted by molar-refractivity contribution is 9.10. The van der Waals surface area contributed by atoms with Crippen LogP contribution in [0.5, 0.6) is 0 Å². The zero-order valence-electron chi connectivity index (χ0n) is 8.09. The smallest absolute Gasteiger partial charge is 0.220 e. The molecule has 1 amide bonds. The quantitative estimate of drug-likeness (QED) is 0.891. The van der Waals surface area contributed by atoms with Gasteiger partial charge in [-0.05, 0) is 36.6 Å². The van der Waals surface area contributed by atoms with Crippen molar-refractivity contribution in [3.8, 4) is 0 Å². The Kier molecular flexibility index (Phi) is 3.32. The van der Waals surface area contributed by atoms with Crippen molar-refractivity contribution in [1.82, 2.24) is 5.32 Å². The first-order valence-corrected chi connectivity index (χ1v) is 6.05. The summed E-state index contributed by atoms with van der Waals surface area (Å²) in [6.07, 6.45) is 2.35. The van der Waals surface area contributed by atoms with E-state index >= 15 is 0 Å². The van der Waals surface area contributed by atoms with Gasteiger partial charge in [-0.15, -0.1) is 0 Å². The van der Waals surface area contributed by atoms with Gasteiger partial charge in [0.15, 0.2) is 0 Å². The summed E-state index contributed by atoms with van der Waals surface area (Å²) in [5, 5.41) is 3.70. The van der Waals surface area contributed by atoms with Gasteiger partial charge in [0.05, 0.1) is 0 Å². The maximum atomic E-state index is 11.0.